The Balaban J connectivity index is 1.48. The predicted molar refractivity (Wildman–Crippen MR) is 106 cm³/mol. The molecule has 3 aromatic rings. The fourth-order valence-electron chi connectivity index (χ4n) is 3.00. The summed E-state index contributed by atoms with van der Waals surface area (Å²) >= 11 is 1.65. The standard InChI is InChI=1S/C21H22N2O2S/c1-15(11-16-9-10-26-14-16)23-21(25)13-22-20(24)12-18-7-4-6-17-5-2-3-8-19(17)18/h2-10,14-15H,11-13H2,1H3,(H,22,24)(H,23,25). The van der Waals surface area contributed by atoms with Crippen LogP contribution < -0.4 is 10.6 Å². The fourth-order valence-corrected chi connectivity index (χ4v) is 3.68. The minimum atomic E-state index is -0.168. The molecule has 1 atom stereocenters. The van der Waals surface area contributed by atoms with Crippen LogP contribution in [-0.4, -0.2) is 24.4 Å². The van der Waals surface area contributed by atoms with E-state index in [2.05, 4.69) is 22.1 Å². The number of hydrogen-bond donors (Lipinski definition) is 2. The van der Waals surface area contributed by atoms with Crippen LogP contribution in [0.4, 0.5) is 0 Å². The lowest BCUT2D eigenvalue weighted by Gasteiger charge is -2.14. The van der Waals surface area contributed by atoms with E-state index in [0.717, 1.165) is 22.8 Å². The molecule has 1 unspecified atom stereocenters. The third-order valence-corrected chi connectivity index (χ3v) is 4.94. The van der Waals surface area contributed by atoms with Crippen molar-refractivity contribution in [2.45, 2.75) is 25.8 Å². The molecule has 5 heteroatoms. The SMILES string of the molecule is CC(Cc1ccsc1)NC(=O)CNC(=O)Cc1cccc2ccccc12. The molecular formula is C21H22N2O2S. The van der Waals surface area contributed by atoms with Crippen LogP contribution in [0.15, 0.2) is 59.3 Å². The van der Waals surface area contributed by atoms with E-state index in [4.69, 9.17) is 0 Å². The molecule has 4 nitrogen and oxygen atoms in total. The summed E-state index contributed by atoms with van der Waals surface area (Å²) in [6.07, 6.45) is 1.05. The summed E-state index contributed by atoms with van der Waals surface area (Å²) < 4.78 is 0. The first kappa shape index (κ1) is 18.1. The zero-order chi connectivity index (χ0) is 18.4. The molecular weight excluding hydrogens is 344 g/mol. The van der Waals surface area contributed by atoms with Gasteiger partial charge in [-0.15, -0.1) is 0 Å². The fraction of sp³-hybridized carbons (Fsp3) is 0.238. The average molecular weight is 366 g/mol. The highest BCUT2D eigenvalue weighted by Crippen LogP contribution is 2.18. The van der Waals surface area contributed by atoms with E-state index in [9.17, 15) is 9.59 Å². The van der Waals surface area contributed by atoms with Crippen molar-refractivity contribution in [1.29, 1.82) is 0 Å². The molecule has 26 heavy (non-hydrogen) atoms. The number of nitrogens with one attached hydrogen (secondary N) is 2. The summed E-state index contributed by atoms with van der Waals surface area (Å²) in [5.41, 5.74) is 2.18. The highest BCUT2D eigenvalue weighted by Gasteiger charge is 2.11. The maximum atomic E-state index is 12.2. The summed E-state index contributed by atoms with van der Waals surface area (Å²) in [5, 5.41) is 11.9. The molecule has 3 rings (SSSR count). The summed E-state index contributed by atoms with van der Waals surface area (Å²) in [4.78, 5) is 24.2. The number of thiophene rings is 1. The first-order valence-electron chi connectivity index (χ1n) is 8.65. The molecule has 0 aliphatic carbocycles. The maximum absolute atomic E-state index is 12.2. The molecule has 0 bridgehead atoms. The van der Waals surface area contributed by atoms with Gasteiger partial charge in [-0.1, -0.05) is 42.5 Å². The average Bonchev–Trinajstić information content (AvgIpc) is 3.13. The number of fused-ring (bicyclic) bond motifs is 1. The molecule has 0 fully saturated rings. The summed E-state index contributed by atoms with van der Waals surface area (Å²) in [6.45, 7) is 1.96. The van der Waals surface area contributed by atoms with Crippen molar-refractivity contribution < 1.29 is 9.59 Å². The lowest BCUT2D eigenvalue weighted by molar-refractivity contribution is -0.126. The molecule has 0 saturated heterocycles. The second-order valence-corrected chi connectivity index (χ2v) is 7.18. The lowest BCUT2D eigenvalue weighted by atomic mass is 10.0. The van der Waals surface area contributed by atoms with Crippen LogP contribution in [0.1, 0.15) is 18.1 Å². The van der Waals surface area contributed by atoms with E-state index in [1.54, 1.807) is 11.3 Å². The topological polar surface area (TPSA) is 58.2 Å². The van der Waals surface area contributed by atoms with E-state index in [1.165, 1.54) is 5.56 Å². The Morgan fingerprint density at radius 1 is 1.04 bits per heavy atom. The highest BCUT2D eigenvalue weighted by atomic mass is 32.1. The Morgan fingerprint density at radius 2 is 1.85 bits per heavy atom. The summed E-state index contributed by atoms with van der Waals surface area (Å²) in [7, 11) is 0. The van der Waals surface area contributed by atoms with Gasteiger partial charge in [0.15, 0.2) is 0 Å². The van der Waals surface area contributed by atoms with E-state index in [0.29, 0.717) is 0 Å². The van der Waals surface area contributed by atoms with Crippen molar-refractivity contribution in [3.63, 3.8) is 0 Å². The molecule has 0 saturated carbocycles. The molecule has 2 aromatic carbocycles. The number of carbonyl (C=O) groups is 2. The van der Waals surface area contributed by atoms with Crippen molar-refractivity contribution in [3.8, 4) is 0 Å². The molecule has 2 N–H and O–H groups in total. The first-order chi connectivity index (χ1) is 12.6. The molecule has 0 aliphatic rings. The Kier molecular flexibility index (Phi) is 6.02. The van der Waals surface area contributed by atoms with Crippen LogP contribution in [-0.2, 0) is 22.4 Å². The Bertz CT molecular complexity index is 885. The summed E-state index contributed by atoms with van der Waals surface area (Å²) in [5.74, 6) is -0.319. The lowest BCUT2D eigenvalue weighted by Crippen LogP contribution is -2.42. The third-order valence-electron chi connectivity index (χ3n) is 4.21. The minimum Gasteiger partial charge on any atom is -0.352 e. The van der Waals surface area contributed by atoms with Crippen LogP contribution in [0.25, 0.3) is 10.8 Å². The van der Waals surface area contributed by atoms with E-state index < -0.39 is 0 Å². The van der Waals surface area contributed by atoms with Gasteiger partial charge in [-0.05, 0) is 52.1 Å². The van der Waals surface area contributed by atoms with Crippen molar-refractivity contribution >= 4 is 33.9 Å². The largest absolute Gasteiger partial charge is 0.352 e. The quantitative estimate of drug-likeness (QED) is 0.674. The normalized spacial score (nSPS) is 11.9. The highest BCUT2D eigenvalue weighted by molar-refractivity contribution is 7.07. The maximum Gasteiger partial charge on any atom is 0.239 e. The van der Waals surface area contributed by atoms with Gasteiger partial charge in [-0.3, -0.25) is 9.59 Å². The van der Waals surface area contributed by atoms with Gasteiger partial charge in [0.2, 0.25) is 11.8 Å². The first-order valence-corrected chi connectivity index (χ1v) is 9.60. The smallest absolute Gasteiger partial charge is 0.239 e. The van der Waals surface area contributed by atoms with Gasteiger partial charge in [0.1, 0.15) is 0 Å². The van der Waals surface area contributed by atoms with Crippen molar-refractivity contribution in [1.82, 2.24) is 10.6 Å². The number of rotatable bonds is 7. The molecule has 1 heterocycles. The summed E-state index contributed by atoms with van der Waals surface area (Å²) in [6, 6.07) is 16.0. The van der Waals surface area contributed by atoms with Crippen LogP contribution in [0.3, 0.4) is 0 Å². The van der Waals surface area contributed by atoms with E-state index in [-0.39, 0.29) is 30.8 Å². The predicted octanol–water partition coefficient (Wildman–Crippen LogP) is 3.31. The Hall–Kier alpha value is -2.66. The molecule has 0 aliphatic heterocycles. The Morgan fingerprint density at radius 3 is 2.65 bits per heavy atom. The van der Waals surface area contributed by atoms with Crippen molar-refractivity contribution in [2.75, 3.05) is 6.54 Å². The number of amides is 2. The van der Waals surface area contributed by atoms with Gasteiger partial charge >= 0.3 is 0 Å². The monoisotopic (exact) mass is 366 g/mol. The van der Waals surface area contributed by atoms with Gasteiger partial charge in [0, 0.05) is 6.04 Å². The van der Waals surface area contributed by atoms with Crippen LogP contribution >= 0.6 is 11.3 Å². The minimum absolute atomic E-state index is 0.00240. The number of benzene rings is 2. The van der Waals surface area contributed by atoms with E-state index in [1.807, 2.05) is 54.8 Å². The molecule has 0 radical (unpaired) electrons. The molecule has 1 aromatic heterocycles. The van der Waals surface area contributed by atoms with Crippen LogP contribution in [0.5, 0.6) is 0 Å². The van der Waals surface area contributed by atoms with Gasteiger partial charge < -0.3 is 10.6 Å². The molecule has 2 amide bonds. The van der Waals surface area contributed by atoms with E-state index >= 15 is 0 Å². The van der Waals surface area contributed by atoms with Crippen LogP contribution in [0.2, 0.25) is 0 Å². The Labute approximate surface area is 157 Å². The third kappa shape index (κ3) is 4.92. The van der Waals surface area contributed by atoms with Gasteiger partial charge in [-0.25, -0.2) is 0 Å². The molecule has 0 spiro atoms. The zero-order valence-corrected chi connectivity index (χ0v) is 15.5. The van der Waals surface area contributed by atoms with Crippen molar-refractivity contribution in [2.24, 2.45) is 0 Å². The number of hydrogen-bond acceptors (Lipinski definition) is 3. The van der Waals surface area contributed by atoms with Gasteiger partial charge in [0.25, 0.3) is 0 Å². The number of carbonyl (C=O) groups excluding carboxylic acids is 2. The molecule has 134 valence electrons. The van der Waals surface area contributed by atoms with Crippen LogP contribution in [0, 0.1) is 0 Å². The van der Waals surface area contributed by atoms with Crippen molar-refractivity contribution in [3.05, 3.63) is 70.4 Å². The van der Waals surface area contributed by atoms with Gasteiger partial charge in [-0.2, -0.15) is 11.3 Å². The zero-order valence-electron chi connectivity index (χ0n) is 14.7. The second kappa shape index (κ2) is 8.63. The van der Waals surface area contributed by atoms with Gasteiger partial charge in [0.05, 0.1) is 13.0 Å². The second-order valence-electron chi connectivity index (χ2n) is 6.40.